The topological polar surface area (TPSA) is 117 Å². The van der Waals surface area contributed by atoms with E-state index in [2.05, 4.69) is 9.71 Å². The van der Waals surface area contributed by atoms with E-state index < -0.39 is 27.3 Å². The fourth-order valence-electron chi connectivity index (χ4n) is 1.36. The number of carboxylic acids is 1. The second-order valence-corrected chi connectivity index (χ2v) is 6.87. The van der Waals surface area contributed by atoms with E-state index in [1.165, 1.54) is 0 Å². The number of aromatic carboxylic acids is 1. The number of aromatic nitrogens is 1. The maximum atomic E-state index is 12.0. The van der Waals surface area contributed by atoms with Crippen LogP contribution < -0.4 is 4.72 Å². The minimum atomic E-state index is -3.98. The minimum Gasteiger partial charge on any atom is -0.476 e. The second-order valence-electron chi connectivity index (χ2n) is 4.05. The van der Waals surface area contributed by atoms with Gasteiger partial charge in [-0.2, -0.15) is 0 Å². The van der Waals surface area contributed by atoms with E-state index in [9.17, 15) is 18.3 Å². The highest BCUT2D eigenvalue weighted by atomic mass is 32.2. The molecular formula is C10H16N2O5S2. The molecular weight excluding hydrogens is 292 g/mol. The standard InChI is InChI=1S/C10H16N2O5S2/c1-3-10(15,4-2)5-12-19(16,17)9-7(8(13)14)11-6-18-9/h6,12,15H,3-5H2,1-2H3,(H,13,14). The van der Waals surface area contributed by atoms with Gasteiger partial charge in [0.15, 0.2) is 9.90 Å². The number of hydrogen-bond donors (Lipinski definition) is 3. The van der Waals surface area contributed by atoms with Gasteiger partial charge < -0.3 is 10.2 Å². The Kier molecular flexibility index (Phi) is 5.02. The van der Waals surface area contributed by atoms with Crippen molar-refractivity contribution in [2.75, 3.05) is 6.54 Å². The Balaban J connectivity index is 2.94. The molecule has 9 heteroatoms. The Morgan fingerprint density at radius 3 is 2.53 bits per heavy atom. The third kappa shape index (κ3) is 3.72. The van der Waals surface area contributed by atoms with Crippen LogP contribution in [-0.2, 0) is 10.0 Å². The van der Waals surface area contributed by atoms with Gasteiger partial charge in [0.25, 0.3) is 10.0 Å². The highest BCUT2D eigenvalue weighted by Crippen LogP contribution is 2.21. The summed E-state index contributed by atoms with van der Waals surface area (Å²) in [6.45, 7) is 3.32. The van der Waals surface area contributed by atoms with Crippen LogP contribution in [0.1, 0.15) is 37.2 Å². The molecule has 0 aromatic carbocycles. The Morgan fingerprint density at radius 1 is 1.47 bits per heavy atom. The molecule has 0 saturated carbocycles. The number of nitrogens with one attached hydrogen (secondary N) is 1. The first-order chi connectivity index (χ1) is 8.75. The van der Waals surface area contributed by atoms with Crippen molar-refractivity contribution in [2.24, 2.45) is 0 Å². The van der Waals surface area contributed by atoms with Crippen molar-refractivity contribution < 1.29 is 23.4 Å². The van der Waals surface area contributed by atoms with E-state index in [0.29, 0.717) is 12.8 Å². The molecule has 108 valence electrons. The van der Waals surface area contributed by atoms with Crippen molar-refractivity contribution in [1.82, 2.24) is 9.71 Å². The van der Waals surface area contributed by atoms with Crippen molar-refractivity contribution in [1.29, 1.82) is 0 Å². The van der Waals surface area contributed by atoms with Gasteiger partial charge in [0, 0.05) is 6.54 Å². The van der Waals surface area contributed by atoms with E-state index in [4.69, 9.17) is 5.11 Å². The highest BCUT2D eigenvalue weighted by molar-refractivity contribution is 7.91. The van der Waals surface area contributed by atoms with Gasteiger partial charge in [0.2, 0.25) is 0 Å². The lowest BCUT2D eigenvalue weighted by atomic mass is 9.98. The molecule has 1 heterocycles. The summed E-state index contributed by atoms with van der Waals surface area (Å²) in [7, 11) is -3.98. The zero-order valence-electron chi connectivity index (χ0n) is 10.6. The molecule has 0 unspecified atom stereocenters. The van der Waals surface area contributed by atoms with E-state index in [0.717, 1.165) is 16.8 Å². The van der Waals surface area contributed by atoms with E-state index in [-0.39, 0.29) is 10.8 Å². The van der Waals surface area contributed by atoms with Gasteiger partial charge in [-0.25, -0.2) is 22.9 Å². The van der Waals surface area contributed by atoms with Crippen LogP contribution in [0.5, 0.6) is 0 Å². The summed E-state index contributed by atoms with van der Waals surface area (Å²) < 4.78 is 25.8. The molecule has 0 radical (unpaired) electrons. The molecule has 0 spiro atoms. The molecule has 3 N–H and O–H groups in total. The predicted octanol–water partition coefficient (Wildman–Crippen LogP) is 0.671. The molecule has 0 amide bonds. The summed E-state index contributed by atoms with van der Waals surface area (Å²) in [6.07, 6.45) is 0.779. The molecule has 1 aromatic rings. The van der Waals surface area contributed by atoms with Crippen LogP contribution in [0.4, 0.5) is 0 Å². The molecule has 0 aliphatic carbocycles. The molecule has 1 aromatic heterocycles. The van der Waals surface area contributed by atoms with Gasteiger partial charge in [-0.3, -0.25) is 0 Å². The number of aliphatic hydroxyl groups is 1. The average Bonchev–Trinajstić information content (AvgIpc) is 2.86. The monoisotopic (exact) mass is 308 g/mol. The molecule has 0 aliphatic rings. The summed E-state index contributed by atoms with van der Waals surface area (Å²) in [5.41, 5.74) is -0.487. The summed E-state index contributed by atoms with van der Waals surface area (Å²) in [6, 6.07) is 0. The molecule has 1 rings (SSSR count). The number of nitrogens with zero attached hydrogens (tertiary/aromatic N) is 1. The fraction of sp³-hybridized carbons (Fsp3) is 0.600. The summed E-state index contributed by atoms with van der Waals surface area (Å²) in [5, 5.41) is 18.9. The normalized spacial score (nSPS) is 12.6. The van der Waals surface area contributed by atoms with Crippen molar-refractivity contribution in [2.45, 2.75) is 36.5 Å². The average molecular weight is 308 g/mol. The number of carboxylic acid groups (broad SMARTS) is 1. The highest BCUT2D eigenvalue weighted by Gasteiger charge is 2.29. The maximum Gasteiger partial charge on any atom is 0.356 e. The number of carbonyl (C=O) groups is 1. The summed E-state index contributed by atoms with van der Waals surface area (Å²) in [4.78, 5) is 14.3. The van der Waals surface area contributed by atoms with E-state index in [1.807, 2.05) is 0 Å². The van der Waals surface area contributed by atoms with Crippen LogP contribution in [0.3, 0.4) is 0 Å². The zero-order valence-corrected chi connectivity index (χ0v) is 12.2. The lowest BCUT2D eigenvalue weighted by Gasteiger charge is -2.25. The van der Waals surface area contributed by atoms with Crippen molar-refractivity contribution in [3.8, 4) is 0 Å². The first-order valence-electron chi connectivity index (χ1n) is 5.64. The summed E-state index contributed by atoms with van der Waals surface area (Å²) >= 11 is 0.727. The molecule has 0 atom stereocenters. The first kappa shape index (κ1) is 16.0. The Bertz CT molecular complexity index is 548. The minimum absolute atomic E-state index is 0.167. The van der Waals surface area contributed by atoms with Crippen LogP contribution in [0.15, 0.2) is 9.72 Å². The zero-order chi connectivity index (χ0) is 14.7. The number of rotatable bonds is 7. The Morgan fingerprint density at radius 2 is 2.05 bits per heavy atom. The third-order valence-electron chi connectivity index (χ3n) is 2.89. The van der Waals surface area contributed by atoms with E-state index >= 15 is 0 Å². The number of thiazole rings is 1. The van der Waals surface area contributed by atoms with Crippen LogP contribution in [0.2, 0.25) is 0 Å². The van der Waals surface area contributed by atoms with Gasteiger partial charge in [0.05, 0.1) is 11.1 Å². The SMILES string of the molecule is CCC(O)(CC)CNS(=O)(=O)c1scnc1C(=O)O. The summed E-state index contributed by atoms with van der Waals surface area (Å²) in [5.74, 6) is -1.40. The fourth-order valence-corrected chi connectivity index (χ4v) is 3.67. The second kappa shape index (κ2) is 5.95. The third-order valence-corrected chi connectivity index (χ3v) is 5.66. The largest absolute Gasteiger partial charge is 0.476 e. The maximum absolute atomic E-state index is 12.0. The van der Waals surface area contributed by atoms with E-state index in [1.54, 1.807) is 13.8 Å². The van der Waals surface area contributed by atoms with Crippen LogP contribution in [0.25, 0.3) is 0 Å². The van der Waals surface area contributed by atoms with Crippen molar-refractivity contribution in [3.05, 3.63) is 11.2 Å². The molecule has 19 heavy (non-hydrogen) atoms. The molecule has 0 aliphatic heterocycles. The molecule has 7 nitrogen and oxygen atoms in total. The Labute approximate surface area is 115 Å². The van der Waals surface area contributed by atoms with Crippen LogP contribution >= 0.6 is 11.3 Å². The number of hydrogen-bond acceptors (Lipinski definition) is 6. The Hall–Kier alpha value is -1.03. The molecule has 0 fully saturated rings. The smallest absolute Gasteiger partial charge is 0.356 e. The van der Waals surface area contributed by atoms with Crippen molar-refractivity contribution >= 4 is 27.3 Å². The van der Waals surface area contributed by atoms with Gasteiger partial charge in [-0.05, 0) is 12.8 Å². The molecule has 0 saturated heterocycles. The molecule has 0 bridgehead atoms. The van der Waals surface area contributed by atoms with Gasteiger partial charge >= 0.3 is 5.97 Å². The van der Waals surface area contributed by atoms with Gasteiger partial charge in [-0.1, -0.05) is 13.8 Å². The lowest BCUT2D eigenvalue weighted by molar-refractivity contribution is 0.0377. The van der Waals surface area contributed by atoms with Crippen molar-refractivity contribution in [3.63, 3.8) is 0 Å². The predicted molar refractivity (Wildman–Crippen MR) is 69.8 cm³/mol. The number of sulfonamides is 1. The van der Waals surface area contributed by atoms with Gasteiger partial charge in [-0.15, -0.1) is 11.3 Å². The van der Waals surface area contributed by atoms with Crippen LogP contribution in [0, 0.1) is 0 Å². The van der Waals surface area contributed by atoms with Gasteiger partial charge in [0.1, 0.15) is 0 Å². The quantitative estimate of drug-likeness (QED) is 0.681. The first-order valence-corrected chi connectivity index (χ1v) is 8.01. The van der Waals surface area contributed by atoms with Crippen LogP contribution in [-0.4, -0.2) is 41.7 Å². The lowest BCUT2D eigenvalue weighted by Crippen LogP contribution is -2.42.